The van der Waals surface area contributed by atoms with Crippen LogP contribution in [0.1, 0.15) is 13.3 Å². The maximum Gasteiger partial charge on any atom is 0.266 e. The van der Waals surface area contributed by atoms with E-state index < -0.39 is 5.92 Å². The van der Waals surface area contributed by atoms with Gasteiger partial charge in [0.05, 0.1) is 12.2 Å². The summed E-state index contributed by atoms with van der Waals surface area (Å²) in [5.41, 5.74) is 2.83. The predicted octanol–water partition coefficient (Wildman–Crippen LogP) is 5.19. The second-order valence-electron chi connectivity index (χ2n) is 6.27. The first-order chi connectivity index (χ1) is 12.1. The number of thioether (sulfide) groups is 1. The molecule has 3 aromatic rings. The van der Waals surface area contributed by atoms with Crippen LogP contribution in [0.3, 0.4) is 0 Å². The van der Waals surface area contributed by atoms with Gasteiger partial charge in [-0.05, 0) is 24.0 Å². The van der Waals surface area contributed by atoms with Gasteiger partial charge in [-0.1, -0.05) is 25.1 Å². The van der Waals surface area contributed by atoms with Crippen LogP contribution < -0.4 is 4.90 Å². The number of aromatic nitrogens is 2. The van der Waals surface area contributed by atoms with Crippen LogP contribution in [0.25, 0.3) is 22.2 Å². The van der Waals surface area contributed by atoms with Crippen LogP contribution in [-0.4, -0.2) is 34.7 Å². The normalized spacial score (nSPS) is 16.7. The van der Waals surface area contributed by atoms with Gasteiger partial charge in [0.25, 0.3) is 5.92 Å². The molecule has 1 aliphatic rings. The molecule has 1 N–H and O–H groups in total. The second kappa shape index (κ2) is 6.33. The number of para-hydroxylation sites is 1. The third kappa shape index (κ3) is 3.23. The number of rotatable bonds is 4. The van der Waals surface area contributed by atoms with E-state index in [1.54, 1.807) is 22.9 Å². The monoisotopic (exact) mass is 359 g/mol. The second-order valence-corrected chi connectivity index (χ2v) is 7.61. The molecule has 1 fully saturated rings. The molecule has 0 saturated carbocycles. The van der Waals surface area contributed by atoms with Crippen molar-refractivity contribution in [2.24, 2.45) is 0 Å². The van der Waals surface area contributed by atoms with Crippen molar-refractivity contribution < 1.29 is 8.78 Å². The van der Waals surface area contributed by atoms with E-state index in [-0.39, 0.29) is 13.0 Å². The van der Waals surface area contributed by atoms with E-state index in [1.165, 1.54) is 0 Å². The molecule has 1 saturated heterocycles. The van der Waals surface area contributed by atoms with Gasteiger partial charge >= 0.3 is 0 Å². The fraction of sp³-hybridized carbons (Fsp3) is 0.316. The van der Waals surface area contributed by atoms with E-state index in [0.717, 1.165) is 32.8 Å². The van der Waals surface area contributed by atoms with Crippen LogP contribution in [0.15, 0.2) is 47.5 Å². The highest BCUT2D eigenvalue weighted by atomic mass is 32.2. The number of pyridine rings is 1. The SMILES string of the molecule is CCSc1cnc(N2CCC(F)(F)C2)c(-c2cc3ccccc3[nH]2)c1. The largest absolute Gasteiger partial charge is 0.354 e. The number of hydrogen-bond acceptors (Lipinski definition) is 3. The minimum absolute atomic E-state index is 0.119. The highest BCUT2D eigenvalue weighted by Gasteiger charge is 2.39. The zero-order valence-electron chi connectivity index (χ0n) is 13.9. The van der Waals surface area contributed by atoms with Crippen molar-refractivity contribution in [3.8, 4) is 11.3 Å². The maximum atomic E-state index is 13.7. The first-order valence-corrected chi connectivity index (χ1v) is 9.38. The number of fused-ring (bicyclic) bond motifs is 1. The summed E-state index contributed by atoms with van der Waals surface area (Å²) in [5.74, 6) is -1.07. The Morgan fingerprint density at radius 1 is 1.28 bits per heavy atom. The Bertz CT molecular complexity index is 874. The average molecular weight is 359 g/mol. The van der Waals surface area contributed by atoms with Gasteiger partial charge in [0.15, 0.2) is 0 Å². The van der Waals surface area contributed by atoms with Gasteiger partial charge in [0.1, 0.15) is 5.82 Å². The molecule has 0 spiro atoms. The molecule has 0 radical (unpaired) electrons. The number of hydrogen-bond donors (Lipinski definition) is 1. The molecule has 0 atom stereocenters. The summed E-state index contributed by atoms with van der Waals surface area (Å²) in [6, 6.07) is 12.1. The summed E-state index contributed by atoms with van der Waals surface area (Å²) >= 11 is 1.70. The van der Waals surface area contributed by atoms with Gasteiger partial charge in [-0.25, -0.2) is 13.8 Å². The minimum atomic E-state index is -2.64. The summed E-state index contributed by atoms with van der Waals surface area (Å²) in [6.45, 7) is 2.14. The van der Waals surface area contributed by atoms with E-state index >= 15 is 0 Å². The molecule has 130 valence electrons. The van der Waals surface area contributed by atoms with Gasteiger partial charge in [0.2, 0.25) is 0 Å². The Balaban J connectivity index is 1.81. The van der Waals surface area contributed by atoms with Gasteiger partial charge in [-0.3, -0.25) is 0 Å². The number of alkyl halides is 2. The summed E-state index contributed by atoms with van der Waals surface area (Å²) in [5, 5.41) is 1.10. The van der Waals surface area contributed by atoms with Crippen molar-refractivity contribution in [1.29, 1.82) is 0 Å². The maximum absolute atomic E-state index is 13.7. The smallest absolute Gasteiger partial charge is 0.266 e. The Morgan fingerprint density at radius 3 is 2.84 bits per heavy atom. The minimum Gasteiger partial charge on any atom is -0.354 e. The number of H-pyrrole nitrogens is 1. The molecule has 1 aromatic carbocycles. The molecular formula is C19H19F2N3S. The molecule has 0 bridgehead atoms. The van der Waals surface area contributed by atoms with Crippen LogP contribution in [0, 0.1) is 0 Å². The lowest BCUT2D eigenvalue weighted by atomic mass is 10.1. The summed E-state index contributed by atoms with van der Waals surface area (Å²) in [6.07, 6.45) is 1.67. The number of benzene rings is 1. The molecule has 6 heteroatoms. The van der Waals surface area contributed by atoms with E-state index in [9.17, 15) is 8.78 Å². The van der Waals surface area contributed by atoms with Crippen LogP contribution in [0.5, 0.6) is 0 Å². The molecule has 1 aliphatic heterocycles. The number of anilines is 1. The first kappa shape index (κ1) is 16.4. The summed E-state index contributed by atoms with van der Waals surface area (Å²) in [4.78, 5) is 10.7. The number of nitrogens with zero attached hydrogens (tertiary/aromatic N) is 2. The Kier molecular flexibility index (Phi) is 4.15. The van der Waals surface area contributed by atoms with Crippen molar-refractivity contribution in [1.82, 2.24) is 9.97 Å². The molecule has 0 amide bonds. The lowest BCUT2D eigenvalue weighted by Crippen LogP contribution is -2.26. The van der Waals surface area contributed by atoms with Gasteiger partial charge in [0, 0.05) is 40.5 Å². The zero-order valence-corrected chi connectivity index (χ0v) is 14.7. The van der Waals surface area contributed by atoms with Crippen molar-refractivity contribution >= 4 is 28.5 Å². The zero-order chi connectivity index (χ0) is 17.4. The lowest BCUT2D eigenvalue weighted by Gasteiger charge is -2.20. The number of aromatic amines is 1. The molecule has 4 rings (SSSR count). The van der Waals surface area contributed by atoms with Gasteiger partial charge in [-0.15, -0.1) is 11.8 Å². The third-order valence-electron chi connectivity index (χ3n) is 4.44. The van der Waals surface area contributed by atoms with Crippen molar-refractivity contribution in [3.05, 3.63) is 42.6 Å². The Morgan fingerprint density at radius 2 is 2.12 bits per heavy atom. The summed E-state index contributed by atoms with van der Waals surface area (Å²) < 4.78 is 27.4. The third-order valence-corrected chi connectivity index (χ3v) is 5.29. The van der Waals surface area contributed by atoms with Gasteiger partial charge < -0.3 is 9.88 Å². The van der Waals surface area contributed by atoms with E-state index in [4.69, 9.17) is 0 Å². The molecular weight excluding hydrogens is 340 g/mol. The standard InChI is InChI=1S/C19H19F2N3S/c1-2-25-14-10-15(17-9-13-5-3-4-6-16(13)23-17)18(22-11-14)24-8-7-19(20,21)12-24/h3-6,9-11,23H,2,7-8,12H2,1H3. The average Bonchev–Trinajstić information content (AvgIpc) is 3.18. The van der Waals surface area contributed by atoms with Crippen LogP contribution in [0.4, 0.5) is 14.6 Å². The molecule has 3 nitrogen and oxygen atoms in total. The lowest BCUT2D eigenvalue weighted by molar-refractivity contribution is 0.0257. The van der Waals surface area contributed by atoms with Crippen molar-refractivity contribution in [2.45, 2.75) is 24.2 Å². The predicted molar refractivity (Wildman–Crippen MR) is 99.7 cm³/mol. The fourth-order valence-electron chi connectivity index (χ4n) is 3.27. The number of nitrogens with one attached hydrogen (secondary N) is 1. The van der Waals surface area contributed by atoms with Gasteiger partial charge in [-0.2, -0.15) is 0 Å². The Hall–Kier alpha value is -2.08. The van der Waals surface area contributed by atoms with Crippen LogP contribution in [0.2, 0.25) is 0 Å². The quantitative estimate of drug-likeness (QED) is 0.651. The van der Waals surface area contributed by atoms with Crippen molar-refractivity contribution in [3.63, 3.8) is 0 Å². The highest BCUT2D eigenvalue weighted by molar-refractivity contribution is 7.99. The highest BCUT2D eigenvalue weighted by Crippen LogP contribution is 2.38. The molecule has 25 heavy (non-hydrogen) atoms. The first-order valence-electron chi connectivity index (χ1n) is 8.39. The molecule has 3 heterocycles. The summed E-state index contributed by atoms with van der Waals surface area (Å²) in [7, 11) is 0. The Labute approximate surface area is 149 Å². The van der Waals surface area contributed by atoms with E-state index in [0.29, 0.717) is 12.4 Å². The van der Waals surface area contributed by atoms with E-state index in [1.807, 2.05) is 24.3 Å². The topological polar surface area (TPSA) is 31.9 Å². The molecule has 0 unspecified atom stereocenters. The molecule has 2 aromatic heterocycles. The van der Waals surface area contributed by atoms with E-state index in [2.05, 4.69) is 29.0 Å². The van der Waals surface area contributed by atoms with Crippen LogP contribution in [-0.2, 0) is 0 Å². The van der Waals surface area contributed by atoms with Crippen molar-refractivity contribution in [2.75, 3.05) is 23.7 Å². The number of halogens is 2. The fourth-order valence-corrected chi connectivity index (χ4v) is 3.93. The van der Waals surface area contributed by atoms with Crippen LogP contribution >= 0.6 is 11.8 Å². The molecule has 0 aliphatic carbocycles.